The topological polar surface area (TPSA) is 66.9 Å². The Morgan fingerprint density at radius 3 is 1.95 bits per heavy atom. The fourth-order valence-corrected chi connectivity index (χ4v) is 5.17. The number of hydrogen-bond donors (Lipinski definition) is 0. The lowest BCUT2D eigenvalue weighted by molar-refractivity contribution is -0.0840. The molecule has 6 nitrogen and oxygen atoms in total. The van der Waals surface area contributed by atoms with Crippen LogP contribution in [0.25, 0.3) is 0 Å². The van der Waals surface area contributed by atoms with Crippen molar-refractivity contribution in [3.8, 4) is 0 Å². The van der Waals surface area contributed by atoms with Gasteiger partial charge in [0.05, 0.1) is 5.75 Å². The van der Waals surface area contributed by atoms with Crippen LogP contribution < -0.4 is 0 Å². The number of sulfonamides is 1. The summed E-state index contributed by atoms with van der Waals surface area (Å²) in [6.45, 7) is 13.5. The van der Waals surface area contributed by atoms with Gasteiger partial charge in [0, 0.05) is 31.6 Å². The van der Waals surface area contributed by atoms with Gasteiger partial charge in [0.15, 0.2) is 0 Å². The standard InChI is InChI=1S/C15H28N2O4S/c1-13(2,3)11-22(19,20)17-9-15(10-17)7-16(8-15)12(18)21-14(4,5)6/h7-11H2,1-6H3. The first kappa shape index (κ1) is 17.5. The van der Waals surface area contributed by atoms with Crippen LogP contribution in [0.2, 0.25) is 0 Å². The average molecular weight is 332 g/mol. The number of rotatable bonds is 2. The summed E-state index contributed by atoms with van der Waals surface area (Å²) < 4.78 is 31.4. The minimum Gasteiger partial charge on any atom is -0.444 e. The number of nitrogens with zero attached hydrogens (tertiary/aromatic N) is 2. The molecule has 0 atom stereocenters. The fourth-order valence-electron chi connectivity index (χ4n) is 2.96. The van der Waals surface area contributed by atoms with Gasteiger partial charge in [-0.1, -0.05) is 20.8 Å². The number of hydrogen-bond acceptors (Lipinski definition) is 4. The first-order valence-corrected chi connectivity index (χ1v) is 9.28. The summed E-state index contributed by atoms with van der Waals surface area (Å²) in [7, 11) is -3.20. The lowest BCUT2D eigenvalue weighted by Gasteiger charge is -2.59. The minimum absolute atomic E-state index is 0.0537. The van der Waals surface area contributed by atoms with Crippen molar-refractivity contribution in [1.29, 1.82) is 0 Å². The SMILES string of the molecule is CC(C)(C)CS(=O)(=O)N1CC2(CN(C(=O)OC(C)(C)C)C2)C1. The molecule has 0 aromatic heterocycles. The Bertz CT molecular complexity index is 543. The molecule has 0 saturated carbocycles. The number of amides is 1. The van der Waals surface area contributed by atoms with E-state index >= 15 is 0 Å². The highest BCUT2D eigenvalue weighted by Crippen LogP contribution is 2.42. The zero-order valence-electron chi connectivity index (χ0n) is 14.5. The third kappa shape index (κ3) is 3.93. The second kappa shape index (κ2) is 5.09. The molecule has 128 valence electrons. The Kier molecular flexibility index (Phi) is 4.06. The van der Waals surface area contributed by atoms with Crippen molar-refractivity contribution in [2.45, 2.75) is 47.1 Å². The van der Waals surface area contributed by atoms with Crippen LogP contribution in [0.5, 0.6) is 0 Å². The Balaban J connectivity index is 1.83. The zero-order valence-corrected chi connectivity index (χ0v) is 15.3. The van der Waals surface area contributed by atoms with Crippen LogP contribution in [0.4, 0.5) is 4.79 Å². The van der Waals surface area contributed by atoms with E-state index in [4.69, 9.17) is 4.74 Å². The highest BCUT2D eigenvalue weighted by Gasteiger charge is 2.57. The van der Waals surface area contributed by atoms with E-state index in [9.17, 15) is 13.2 Å². The van der Waals surface area contributed by atoms with Crippen molar-refractivity contribution in [3.05, 3.63) is 0 Å². The van der Waals surface area contributed by atoms with Gasteiger partial charge in [-0.2, -0.15) is 0 Å². The maximum atomic E-state index is 12.3. The molecule has 0 aliphatic carbocycles. The lowest BCUT2D eigenvalue weighted by atomic mass is 9.75. The van der Waals surface area contributed by atoms with Crippen LogP contribution in [0, 0.1) is 10.8 Å². The number of ether oxygens (including phenoxy) is 1. The largest absolute Gasteiger partial charge is 0.444 e. The van der Waals surface area contributed by atoms with Crippen LogP contribution in [0.1, 0.15) is 41.5 Å². The van der Waals surface area contributed by atoms with E-state index in [1.165, 1.54) is 0 Å². The summed E-state index contributed by atoms with van der Waals surface area (Å²) in [4.78, 5) is 13.6. The van der Waals surface area contributed by atoms with Crippen molar-refractivity contribution in [1.82, 2.24) is 9.21 Å². The molecular formula is C15H28N2O4S. The first-order chi connectivity index (χ1) is 9.72. The van der Waals surface area contributed by atoms with E-state index in [1.54, 1.807) is 9.21 Å². The molecule has 0 aromatic carbocycles. The fraction of sp³-hybridized carbons (Fsp3) is 0.933. The highest BCUT2D eigenvalue weighted by molar-refractivity contribution is 7.89. The van der Waals surface area contributed by atoms with E-state index in [1.807, 2.05) is 41.5 Å². The van der Waals surface area contributed by atoms with Gasteiger partial charge in [-0.3, -0.25) is 0 Å². The molecule has 7 heteroatoms. The van der Waals surface area contributed by atoms with Gasteiger partial charge in [0.25, 0.3) is 0 Å². The molecule has 2 fully saturated rings. The molecule has 1 spiro atoms. The predicted molar refractivity (Wildman–Crippen MR) is 85.1 cm³/mol. The summed E-state index contributed by atoms with van der Waals surface area (Å²) in [5.41, 5.74) is -0.798. The summed E-state index contributed by atoms with van der Waals surface area (Å²) in [6.07, 6.45) is -0.311. The molecule has 22 heavy (non-hydrogen) atoms. The predicted octanol–water partition coefficient (Wildman–Crippen LogP) is 1.92. The molecule has 1 amide bonds. The van der Waals surface area contributed by atoms with E-state index in [0.29, 0.717) is 26.2 Å². The van der Waals surface area contributed by atoms with Crippen LogP contribution in [-0.4, -0.2) is 61.2 Å². The van der Waals surface area contributed by atoms with E-state index in [-0.39, 0.29) is 22.7 Å². The van der Waals surface area contributed by atoms with Gasteiger partial charge >= 0.3 is 6.09 Å². The third-order valence-corrected chi connectivity index (χ3v) is 6.01. The minimum atomic E-state index is -3.20. The van der Waals surface area contributed by atoms with Gasteiger partial charge < -0.3 is 9.64 Å². The van der Waals surface area contributed by atoms with Crippen molar-refractivity contribution in [2.75, 3.05) is 31.9 Å². The smallest absolute Gasteiger partial charge is 0.410 e. The van der Waals surface area contributed by atoms with Gasteiger partial charge in [-0.15, -0.1) is 0 Å². The second-order valence-corrected chi connectivity index (χ2v) is 10.9. The Hall–Kier alpha value is -0.820. The molecule has 2 aliphatic heterocycles. The lowest BCUT2D eigenvalue weighted by Crippen LogP contribution is -2.74. The maximum absolute atomic E-state index is 12.3. The second-order valence-electron chi connectivity index (χ2n) is 8.92. The van der Waals surface area contributed by atoms with E-state index in [2.05, 4.69) is 0 Å². The Morgan fingerprint density at radius 2 is 1.55 bits per heavy atom. The van der Waals surface area contributed by atoms with Crippen LogP contribution in [0.15, 0.2) is 0 Å². The van der Waals surface area contributed by atoms with E-state index in [0.717, 1.165) is 0 Å². The van der Waals surface area contributed by atoms with Crippen molar-refractivity contribution in [2.24, 2.45) is 10.8 Å². The maximum Gasteiger partial charge on any atom is 0.410 e. The summed E-state index contributed by atoms with van der Waals surface area (Å²) >= 11 is 0. The van der Waals surface area contributed by atoms with Crippen molar-refractivity contribution in [3.63, 3.8) is 0 Å². The Morgan fingerprint density at radius 1 is 1.05 bits per heavy atom. The molecule has 0 unspecified atom stereocenters. The van der Waals surface area contributed by atoms with Crippen molar-refractivity contribution >= 4 is 16.1 Å². The normalized spacial score (nSPS) is 22.2. The molecule has 0 bridgehead atoms. The molecular weight excluding hydrogens is 304 g/mol. The summed E-state index contributed by atoms with van der Waals surface area (Å²) in [6, 6.07) is 0. The molecule has 0 aromatic rings. The molecule has 2 saturated heterocycles. The summed E-state index contributed by atoms with van der Waals surface area (Å²) in [5, 5.41) is 0. The van der Waals surface area contributed by atoms with Gasteiger partial charge in [0.1, 0.15) is 5.60 Å². The highest BCUT2D eigenvalue weighted by atomic mass is 32.2. The molecule has 0 radical (unpaired) electrons. The first-order valence-electron chi connectivity index (χ1n) is 7.67. The van der Waals surface area contributed by atoms with Crippen LogP contribution in [-0.2, 0) is 14.8 Å². The van der Waals surface area contributed by atoms with Crippen molar-refractivity contribution < 1.29 is 17.9 Å². The zero-order chi connectivity index (χ0) is 17.0. The number of likely N-dealkylation sites (tertiary alicyclic amines) is 1. The number of carbonyl (C=O) groups is 1. The van der Waals surface area contributed by atoms with Gasteiger partial charge in [0.2, 0.25) is 10.0 Å². The summed E-state index contributed by atoms with van der Waals surface area (Å²) in [5.74, 6) is 0.159. The number of carbonyl (C=O) groups excluding carboxylic acids is 1. The third-order valence-electron chi connectivity index (χ3n) is 3.74. The monoisotopic (exact) mass is 332 g/mol. The van der Waals surface area contributed by atoms with Crippen LogP contribution >= 0.6 is 0 Å². The molecule has 0 N–H and O–H groups in total. The average Bonchev–Trinajstić information content (AvgIpc) is 2.03. The van der Waals surface area contributed by atoms with Crippen LogP contribution in [0.3, 0.4) is 0 Å². The van der Waals surface area contributed by atoms with Gasteiger partial charge in [-0.05, 0) is 26.2 Å². The van der Waals surface area contributed by atoms with E-state index < -0.39 is 15.6 Å². The Labute approximate surface area is 133 Å². The molecule has 2 heterocycles. The molecule has 2 rings (SSSR count). The van der Waals surface area contributed by atoms with Gasteiger partial charge in [-0.25, -0.2) is 17.5 Å². The quantitative estimate of drug-likeness (QED) is 0.775. The molecule has 2 aliphatic rings.